The second-order valence-corrected chi connectivity index (χ2v) is 5.54. The van der Waals surface area contributed by atoms with Crippen molar-refractivity contribution in [2.75, 3.05) is 12.4 Å². The number of nitrogens with zero attached hydrogens (tertiary/aromatic N) is 2. The van der Waals surface area contributed by atoms with Crippen molar-refractivity contribution in [3.63, 3.8) is 0 Å². The van der Waals surface area contributed by atoms with Gasteiger partial charge in [-0.1, -0.05) is 30.3 Å². The summed E-state index contributed by atoms with van der Waals surface area (Å²) in [6.07, 6.45) is 0. The zero-order valence-corrected chi connectivity index (χ0v) is 13.9. The topological polar surface area (TPSA) is 56.1 Å². The number of carbonyl (C=O) groups is 1. The average Bonchev–Trinajstić information content (AvgIpc) is 2.99. The smallest absolute Gasteiger partial charge is 0.276 e. The van der Waals surface area contributed by atoms with Crippen molar-refractivity contribution in [1.29, 1.82) is 0 Å². The van der Waals surface area contributed by atoms with Crippen molar-refractivity contribution in [3.05, 3.63) is 65.9 Å². The second-order valence-electron chi connectivity index (χ2n) is 5.54. The Bertz CT molecular complexity index is 884. The molecule has 24 heavy (non-hydrogen) atoms. The van der Waals surface area contributed by atoms with Gasteiger partial charge in [-0.25, -0.2) is 0 Å². The zero-order chi connectivity index (χ0) is 17.1. The maximum absolute atomic E-state index is 12.5. The first-order valence-corrected chi connectivity index (χ1v) is 7.64. The summed E-state index contributed by atoms with van der Waals surface area (Å²) in [6, 6.07) is 17.1. The summed E-state index contributed by atoms with van der Waals surface area (Å²) in [5.41, 5.74) is 3.97. The third-order valence-electron chi connectivity index (χ3n) is 3.87. The number of methoxy groups -OCH3 is 1. The van der Waals surface area contributed by atoms with Gasteiger partial charge >= 0.3 is 0 Å². The number of carbonyl (C=O) groups excluding carboxylic acids is 1. The molecule has 0 bridgehead atoms. The first kappa shape index (κ1) is 15.8. The summed E-state index contributed by atoms with van der Waals surface area (Å²) < 4.78 is 6.95. The molecule has 0 fully saturated rings. The fraction of sp³-hybridized carbons (Fsp3) is 0.158. The fourth-order valence-corrected chi connectivity index (χ4v) is 2.53. The van der Waals surface area contributed by atoms with E-state index in [1.54, 1.807) is 17.9 Å². The molecule has 0 atom stereocenters. The highest BCUT2D eigenvalue weighted by atomic mass is 16.5. The van der Waals surface area contributed by atoms with E-state index in [1.165, 1.54) is 0 Å². The molecule has 1 amide bonds. The summed E-state index contributed by atoms with van der Waals surface area (Å²) in [7, 11) is 3.45. The van der Waals surface area contributed by atoms with E-state index in [1.807, 2.05) is 62.5 Å². The van der Waals surface area contributed by atoms with Crippen LogP contribution >= 0.6 is 0 Å². The van der Waals surface area contributed by atoms with Crippen LogP contribution in [-0.2, 0) is 7.05 Å². The molecule has 0 saturated carbocycles. The van der Waals surface area contributed by atoms with Gasteiger partial charge in [-0.15, -0.1) is 0 Å². The van der Waals surface area contributed by atoms with E-state index >= 15 is 0 Å². The molecule has 1 heterocycles. The number of ether oxygens (including phenoxy) is 1. The summed E-state index contributed by atoms with van der Waals surface area (Å²) in [6.45, 7) is 1.95. The molecule has 0 aliphatic heterocycles. The van der Waals surface area contributed by atoms with Gasteiger partial charge in [0.15, 0.2) is 5.69 Å². The number of para-hydroxylation sites is 1. The number of rotatable bonds is 4. The van der Waals surface area contributed by atoms with Crippen LogP contribution in [0.2, 0.25) is 0 Å². The van der Waals surface area contributed by atoms with E-state index in [0.717, 1.165) is 28.3 Å². The Morgan fingerprint density at radius 1 is 1.12 bits per heavy atom. The van der Waals surface area contributed by atoms with Crippen molar-refractivity contribution in [2.24, 2.45) is 7.05 Å². The molecular weight excluding hydrogens is 302 g/mol. The molecule has 2 aromatic carbocycles. The number of hydrogen-bond acceptors (Lipinski definition) is 3. The molecule has 1 aromatic heterocycles. The Hall–Kier alpha value is -3.08. The number of aryl methyl sites for hydroxylation is 2. The van der Waals surface area contributed by atoms with E-state index < -0.39 is 0 Å². The van der Waals surface area contributed by atoms with Crippen molar-refractivity contribution >= 4 is 11.6 Å². The molecule has 0 radical (unpaired) electrons. The van der Waals surface area contributed by atoms with Crippen molar-refractivity contribution in [2.45, 2.75) is 6.92 Å². The van der Waals surface area contributed by atoms with Crippen LogP contribution in [0.15, 0.2) is 54.6 Å². The molecule has 3 rings (SSSR count). The Morgan fingerprint density at radius 3 is 2.67 bits per heavy atom. The molecule has 0 aliphatic carbocycles. The molecule has 0 aliphatic rings. The number of aromatic nitrogens is 2. The maximum atomic E-state index is 12.5. The van der Waals surface area contributed by atoms with Gasteiger partial charge in [0.25, 0.3) is 5.91 Å². The Labute approximate surface area is 140 Å². The van der Waals surface area contributed by atoms with Gasteiger partial charge in [-0.3, -0.25) is 9.48 Å². The molecule has 0 saturated heterocycles. The maximum Gasteiger partial charge on any atom is 0.276 e. The number of benzene rings is 2. The van der Waals surface area contributed by atoms with E-state index in [-0.39, 0.29) is 5.91 Å². The molecule has 1 N–H and O–H groups in total. The third-order valence-corrected chi connectivity index (χ3v) is 3.87. The lowest BCUT2D eigenvalue weighted by atomic mass is 10.1. The monoisotopic (exact) mass is 321 g/mol. The van der Waals surface area contributed by atoms with Gasteiger partial charge in [0.05, 0.1) is 12.8 Å². The number of anilines is 1. The predicted molar refractivity (Wildman–Crippen MR) is 94.3 cm³/mol. The molecule has 5 heteroatoms. The van der Waals surface area contributed by atoms with Gasteiger partial charge in [-0.05, 0) is 36.8 Å². The minimum absolute atomic E-state index is 0.228. The molecule has 0 unspecified atom stereocenters. The van der Waals surface area contributed by atoms with E-state index in [2.05, 4.69) is 10.4 Å². The highest BCUT2D eigenvalue weighted by molar-refractivity contribution is 6.03. The van der Waals surface area contributed by atoms with Gasteiger partial charge in [0.1, 0.15) is 5.75 Å². The first-order valence-electron chi connectivity index (χ1n) is 7.64. The van der Waals surface area contributed by atoms with Gasteiger partial charge in [0, 0.05) is 18.3 Å². The summed E-state index contributed by atoms with van der Waals surface area (Å²) >= 11 is 0. The number of amides is 1. The van der Waals surface area contributed by atoms with Crippen molar-refractivity contribution in [1.82, 2.24) is 9.78 Å². The molecule has 0 spiro atoms. The van der Waals surface area contributed by atoms with Crippen LogP contribution in [0.25, 0.3) is 11.3 Å². The van der Waals surface area contributed by atoms with Crippen LogP contribution in [0.4, 0.5) is 5.69 Å². The van der Waals surface area contributed by atoms with Crippen molar-refractivity contribution in [3.8, 4) is 17.0 Å². The van der Waals surface area contributed by atoms with Crippen LogP contribution in [0.5, 0.6) is 5.75 Å². The Balaban J connectivity index is 1.88. The lowest BCUT2D eigenvalue weighted by molar-refractivity contribution is 0.102. The molecule has 122 valence electrons. The summed E-state index contributed by atoms with van der Waals surface area (Å²) in [5, 5.41) is 7.23. The zero-order valence-electron chi connectivity index (χ0n) is 13.9. The van der Waals surface area contributed by atoms with Crippen LogP contribution in [0, 0.1) is 6.92 Å². The summed E-state index contributed by atoms with van der Waals surface area (Å²) in [5.74, 6) is 0.536. The normalized spacial score (nSPS) is 10.5. The highest BCUT2D eigenvalue weighted by Crippen LogP contribution is 2.24. The molecular formula is C19H19N3O2. The Kier molecular flexibility index (Phi) is 4.33. The minimum atomic E-state index is -0.228. The SMILES string of the molecule is COc1cccc(-c2cc(C(=O)Nc3ccccc3C)nn2C)c1. The summed E-state index contributed by atoms with van der Waals surface area (Å²) in [4.78, 5) is 12.5. The third kappa shape index (κ3) is 3.15. The average molecular weight is 321 g/mol. The fourth-order valence-electron chi connectivity index (χ4n) is 2.53. The standard InChI is InChI=1S/C19H19N3O2/c1-13-7-4-5-10-16(13)20-19(23)17-12-18(22(2)21-17)14-8-6-9-15(11-14)24-3/h4-12H,1-3H3,(H,20,23). The lowest BCUT2D eigenvalue weighted by Gasteiger charge is -2.05. The van der Waals surface area contributed by atoms with E-state index in [9.17, 15) is 4.79 Å². The van der Waals surface area contributed by atoms with Gasteiger partial charge in [-0.2, -0.15) is 5.10 Å². The largest absolute Gasteiger partial charge is 0.497 e. The van der Waals surface area contributed by atoms with E-state index in [0.29, 0.717) is 5.69 Å². The first-order chi connectivity index (χ1) is 11.6. The molecule has 3 aromatic rings. The molecule has 5 nitrogen and oxygen atoms in total. The lowest BCUT2D eigenvalue weighted by Crippen LogP contribution is -2.13. The highest BCUT2D eigenvalue weighted by Gasteiger charge is 2.15. The number of nitrogens with one attached hydrogen (secondary N) is 1. The van der Waals surface area contributed by atoms with Crippen LogP contribution < -0.4 is 10.1 Å². The van der Waals surface area contributed by atoms with Crippen LogP contribution in [0.3, 0.4) is 0 Å². The quantitative estimate of drug-likeness (QED) is 0.798. The number of hydrogen-bond donors (Lipinski definition) is 1. The van der Waals surface area contributed by atoms with Crippen LogP contribution in [0.1, 0.15) is 16.1 Å². The Morgan fingerprint density at radius 2 is 1.92 bits per heavy atom. The van der Waals surface area contributed by atoms with Gasteiger partial charge in [0.2, 0.25) is 0 Å². The van der Waals surface area contributed by atoms with Crippen molar-refractivity contribution < 1.29 is 9.53 Å². The predicted octanol–water partition coefficient (Wildman–Crippen LogP) is 3.66. The van der Waals surface area contributed by atoms with Crippen LogP contribution in [-0.4, -0.2) is 22.8 Å². The second kappa shape index (κ2) is 6.58. The van der Waals surface area contributed by atoms with Gasteiger partial charge < -0.3 is 10.1 Å². The van der Waals surface area contributed by atoms with E-state index in [4.69, 9.17) is 4.74 Å². The minimum Gasteiger partial charge on any atom is -0.497 e.